The summed E-state index contributed by atoms with van der Waals surface area (Å²) in [6.45, 7) is 3.21. The van der Waals surface area contributed by atoms with Crippen molar-refractivity contribution < 1.29 is 9.18 Å². The number of hydrogen-bond donors (Lipinski definition) is 1. The second-order valence-corrected chi connectivity index (χ2v) is 7.55. The largest absolute Gasteiger partial charge is 0.325 e. The summed E-state index contributed by atoms with van der Waals surface area (Å²) in [5.74, 6) is -0.392. The lowest BCUT2D eigenvalue weighted by molar-refractivity contribution is -0.118. The van der Waals surface area contributed by atoms with E-state index in [1.165, 1.54) is 30.9 Å². The van der Waals surface area contributed by atoms with Gasteiger partial charge in [-0.05, 0) is 62.5 Å². The summed E-state index contributed by atoms with van der Waals surface area (Å²) < 4.78 is 14.2. The Morgan fingerprint density at radius 2 is 1.81 bits per heavy atom. The van der Waals surface area contributed by atoms with Gasteiger partial charge in [0.1, 0.15) is 5.82 Å². The molecule has 3 nitrogen and oxygen atoms in total. The lowest BCUT2D eigenvalue weighted by Crippen LogP contribution is -2.29. The van der Waals surface area contributed by atoms with Gasteiger partial charge in [0.25, 0.3) is 0 Å². The zero-order chi connectivity index (χ0) is 18.0. The third kappa shape index (κ3) is 3.51. The molecule has 2 aromatic rings. The number of benzene rings is 2. The van der Waals surface area contributed by atoms with E-state index in [2.05, 4.69) is 16.3 Å². The Morgan fingerprint density at radius 1 is 1.04 bits per heavy atom. The van der Waals surface area contributed by atoms with Gasteiger partial charge in [0, 0.05) is 17.8 Å². The lowest BCUT2D eigenvalue weighted by Gasteiger charge is -2.26. The maximum absolute atomic E-state index is 14.2. The molecule has 1 amide bonds. The Balaban J connectivity index is 1.46. The molecule has 2 aromatic carbocycles. The van der Waals surface area contributed by atoms with E-state index in [1.807, 2.05) is 18.2 Å². The Hall–Kier alpha value is -2.20. The normalized spacial score (nSPS) is 19.1. The van der Waals surface area contributed by atoms with Gasteiger partial charge in [-0.3, -0.25) is 9.69 Å². The van der Waals surface area contributed by atoms with Crippen LogP contribution in [0, 0.1) is 5.82 Å². The van der Waals surface area contributed by atoms with Crippen molar-refractivity contribution in [1.82, 2.24) is 4.90 Å². The number of hydrogen-bond acceptors (Lipinski definition) is 2. The van der Waals surface area contributed by atoms with Crippen molar-refractivity contribution in [2.24, 2.45) is 0 Å². The molecule has 4 rings (SSSR count). The fourth-order valence-electron chi connectivity index (χ4n) is 3.97. The number of anilines is 1. The monoisotopic (exact) mass is 352 g/mol. The van der Waals surface area contributed by atoms with Gasteiger partial charge in [-0.15, -0.1) is 0 Å². The number of likely N-dealkylation sites (tertiary alicyclic amines) is 1. The minimum atomic E-state index is -0.700. The van der Waals surface area contributed by atoms with Gasteiger partial charge in [-0.25, -0.2) is 4.39 Å². The fraction of sp³-hybridized carbons (Fsp3) is 0.409. The van der Waals surface area contributed by atoms with Gasteiger partial charge in [0.05, 0.1) is 5.41 Å². The average molecular weight is 352 g/mol. The van der Waals surface area contributed by atoms with Crippen LogP contribution in [0.2, 0.25) is 0 Å². The van der Waals surface area contributed by atoms with Crippen LogP contribution in [0.25, 0.3) is 0 Å². The maximum atomic E-state index is 14.2. The molecule has 0 spiro atoms. The molecular formula is C22H25FN2O. The predicted molar refractivity (Wildman–Crippen MR) is 102 cm³/mol. The third-order valence-electron chi connectivity index (χ3n) is 5.61. The molecule has 0 atom stereocenters. The van der Waals surface area contributed by atoms with E-state index in [9.17, 15) is 9.18 Å². The summed E-state index contributed by atoms with van der Waals surface area (Å²) in [5.41, 5.74) is 1.82. The summed E-state index contributed by atoms with van der Waals surface area (Å²) in [4.78, 5) is 15.3. The number of piperidine rings is 1. The second-order valence-electron chi connectivity index (χ2n) is 7.55. The fourth-order valence-corrected chi connectivity index (χ4v) is 3.97. The first-order chi connectivity index (χ1) is 12.7. The van der Waals surface area contributed by atoms with E-state index in [-0.39, 0.29) is 11.7 Å². The molecule has 1 heterocycles. The average Bonchev–Trinajstić information content (AvgIpc) is 3.45. The quantitative estimate of drug-likeness (QED) is 0.860. The number of amides is 1. The molecule has 1 saturated heterocycles. The highest BCUT2D eigenvalue weighted by atomic mass is 19.1. The van der Waals surface area contributed by atoms with Crippen LogP contribution in [-0.2, 0) is 16.8 Å². The van der Waals surface area contributed by atoms with Gasteiger partial charge >= 0.3 is 0 Å². The third-order valence-corrected chi connectivity index (χ3v) is 5.61. The van der Waals surface area contributed by atoms with E-state index < -0.39 is 5.41 Å². The number of carbonyl (C=O) groups is 1. The topological polar surface area (TPSA) is 32.3 Å². The standard InChI is InChI=1S/C22H25FN2O/c23-20-10-3-2-9-19(20)22(11-12-22)21(26)24-18-8-6-7-17(15-18)16-25-13-4-1-5-14-25/h2-3,6-10,15H,1,4-5,11-14,16H2,(H,24,26). The van der Waals surface area contributed by atoms with E-state index in [0.717, 1.165) is 25.3 Å². The molecule has 0 bridgehead atoms. The van der Waals surface area contributed by atoms with Crippen molar-refractivity contribution in [3.05, 3.63) is 65.5 Å². The smallest absolute Gasteiger partial charge is 0.235 e. The van der Waals surface area contributed by atoms with Crippen molar-refractivity contribution in [3.63, 3.8) is 0 Å². The summed E-state index contributed by atoms with van der Waals surface area (Å²) >= 11 is 0. The Labute approximate surface area is 154 Å². The summed E-state index contributed by atoms with van der Waals surface area (Å²) in [6.07, 6.45) is 5.26. The predicted octanol–water partition coefficient (Wildman–Crippen LogP) is 4.48. The van der Waals surface area contributed by atoms with Crippen LogP contribution in [-0.4, -0.2) is 23.9 Å². The van der Waals surface area contributed by atoms with E-state index in [4.69, 9.17) is 0 Å². The molecular weight excluding hydrogens is 327 g/mol. The van der Waals surface area contributed by atoms with Crippen molar-refractivity contribution in [2.45, 2.75) is 44.1 Å². The molecule has 0 radical (unpaired) electrons. The van der Waals surface area contributed by atoms with E-state index >= 15 is 0 Å². The number of rotatable bonds is 5. The van der Waals surface area contributed by atoms with Crippen molar-refractivity contribution in [1.29, 1.82) is 0 Å². The number of nitrogens with one attached hydrogen (secondary N) is 1. The highest BCUT2D eigenvalue weighted by molar-refractivity contribution is 6.01. The summed E-state index contributed by atoms with van der Waals surface area (Å²) in [5, 5.41) is 3.02. The zero-order valence-electron chi connectivity index (χ0n) is 15.0. The van der Waals surface area contributed by atoms with Gasteiger partial charge in [-0.2, -0.15) is 0 Å². The second kappa shape index (κ2) is 7.20. The minimum absolute atomic E-state index is 0.0993. The summed E-state index contributed by atoms with van der Waals surface area (Å²) in [7, 11) is 0. The van der Waals surface area contributed by atoms with E-state index in [0.29, 0.717) is 18.4 Å². The van der Waals surface area contributed by atoms with Crippen LogP contribution in [0.15, 0.2) is 48.5 Å². The zero-order valence-corrected chi connectivity index (χ0v) is 15.0. The highest BCUT2D eigenvalue weighted by Gasteiger charge is 2.52. The van der Waals surface area contributed by atoms with Crippen molar-refractivity contribution in [2.75, 3.05) is 18.4 Å². The van der Waals surface area contributed by atoms with Gasteiger partial charge in [0.2, 0.25) is 5.91 Å². The van der Waals surface area contributed by atoms with E-state index in [1.54, 1.807) is 18.2 Å². The summed E-state index contributed by atoms with van der Waals surface area (Å²) in [6, 6.07) is 14.7. The maximum Gasteiger partial charge on any atom is 0.235 e. The number of halogens is 1. The van der Waals surface area contributed by atoms with Crippen LogP contribution in [0.4, 0.5) is 10.1 Å². The molecule has 26 heavy (non-hydrogen) atoms. The number of carbonyl (C=O) groups excluding carboxylic acids is 1. The Morgan fingerprint density at radius 3 is 2.54 bits per heavy atom. The first kappa shape index (κ1) is 17.2. The first-order valence-electron chi connectivity index (χ1n) is 9.55. The van der Waals surface area contributed by atoms with Gasteiger partial charge in [0.15, 0.2) is 0 Å². The molecule has 0 unspecified atom stereocenters. The molecule has 1 aliphatic heterocycles. The lowest BCUT2D eigenvalue weighted by atomic mass is 9.94. The first-order valence-corrected chi connectivity index (χ1v) is 9.55. The van der Waals surface area contributed by atoms with Crippen LogP contribution in [0.5, 0.6) is 0 Å². The minimum Gasteiger partial charge on any atom is -0.325 e. The Kier molecular flexibility index (Phi) is 4.77. The molecule has 136 valence electrons. The van der Waals surface area contributed by atoms with Gasteiger partial charge < -0.3 is 5.32 Å². The molecule has 4 heteroatoms. The molecule has 2 aliphatic rings. The van der Waals surface area contributed by atoms with Gasteiger partial charge in [-0.1, -0.05) is 36.8 Å². The molecule has 1 saturated carbocycles. The number of nitrogens with zero attached hydrogens (tertiary/aromatic N) is 1. The highest BCUT2D eigenvalue weighted by Crippen LogP contribution is 2.49. The molecule has 1 aliphatic carbocycles. The molecule has 2 fully saturated rings. The Bertz CT molecular complexity index is 794. The van der Waals surface area contributed by atoms with Crippen molar-refractivity contribution in [3.8, 4) is 0 Å². The molecule has 0 aromatic heterocycles. The SMILES string of the molecule is O=C(Nc1cccc(CN2CCCCC2)c1)C1(c2ccccc2F)CC1. The molecule has 1 N–H and O–H groups in total. The van der Waals surface area contributed by atoms with Crippen LogP contribution < -0.4 is 5.32 Å². The van der Waals surface area contributed by atoms with Crippen molar-refractivity contribution >= 4 is 11.6 Å². The van der Waals surface area contributed by atoms with Crippen LogP contribution >= 0.6 is 0 Å². The van der Waals surface area contributed by atoms with Crippen LogP contribution in [0.3, 0.4) is 0 Å². The van der Waals surface area contributed by atoms with Crippen LogP contribution in [0.1, 0.15) is 43.2 Å².